The molecule has 21 heavy (non-hydrogen) atoms. The van der Waals surface area contributed by atoms with E-state index in [9.17, 15) is 0 Å². The Kier molecular flexibility index (Phi) is 6.57. The molecule has 3 saturated heterocycles. The quantitative estimate of drug-likeness (QED) is 0.320. The lowest BCUT2D eigenvalue weighted by molar-refractivity contribution is 0.391. The van der Waals surface area contributed by atoms with Crippen molar-refractivity contribution in [1.29, 1.82) is 0 Å². The maximum atomic E-state index is 3.48. The Labute approximate surface area is 145 Å². The zero-order chi connectivity index (χ0) is 15.4. The SMILES string of the molecule is CCCC12CSC(CCCCC#C[Si](C)(C)C)(SC1)SC2. The highest BCUT2D eigenvalue weighted by Crippen LogP contribution is 2.64. The molecule has 0 saturated carbocycles. The lowest BCUT2D eigenvalue weighted by Gasteiger charge is -2.52. The van der Waals surface area contributed by atoms with E-state index in [1.807, 2.05) is 0 Å². The second-order valence-corrected chi connectivity index (χ2v) is 16.9. The second-order valence-electron chi connectivity index (χ2n) is 7.56. The number of unbranched alkanes of at least 4 members (excludes halogenated alkanes) is 2. The largest absolute Gasteiger partial charge is 0.133 e. The molecule has 3 rings (SSSR count). The zero-order valence-corrected chi connectivity index (χ0v) is 17.5. The Bertz CT molecular complexity index is 378. The monoisotopic (exact) mass is 358 g/mol. The molecule has 0 nitrogen and oxygen atoms in total. The van der Waals surface area contributed by atoms with Gasteiger partial charge in [-0.05, 0) is 31.1 Å². The van der Waals surface area contributed by atoms with E-state index >= 15 is 0 Å². The highest BCUT2D eigenvalue weighted by atomic mass is 32.3. The van der Waals surface area contributed by atoms with E-state index in [0.717, 1.165) is 6.42 Å². The number of hydrogen-bond donors (Lipinski definition) is 0. The number of rotatable bonds is 6. The fraction of sp³-hybridized carbons (Fsp3) is 0.882. The summed E-state index contributed by atoms with van der Waals surface area (Å²) in [5.74, 6) is 7.66. The zero-order valence-electron chi connectivity index (χ0n) is 14.1. The molecule has 0 aliphatic carbocycles. The van der Waals surface area contributed by atoms with Crippen LogP contribution in [-0.2, 0) is 0 Å². The van der Waals surface area contributed by atoms with Gasteiger partial charge in [0.25, 0.3) is 0 Å². The van der Waals surface area contributed by atoms with Gasteiger partial charge in [0.05, 0.1) is 0 Å². The van der Waals surface area contributed by atoms with Crippen LogP contribution in [0.3, 0.4) is 0 Å². The highest BCUT2D eigenvalue weighted by molar-refractivity contribution is 8.34. The molecule has 3 aliphatic rings. The Hall–Kier alpha value is 0.827. The molecule has 0 aromatic heterocycles. The molecule has 0 N–H and O–H groups in total. The third-order valence-corrected chi connectivity index (χ3v) is 11.3. The number of hydrogen-bond acceptors (Lipinski definition) is 3. The van der Waals surface area contributed by atoms with Crippen LogP contribution >= 0.6 is 35.3 Å². The summed E-state index contributed by atoms with van der Waals surface area (Å²) >= 11 is 6.79. The maximum Gasteiger partial charge on any atom is 0.129 e. The van der Waals surface area contributed by atoms with Crippen molar-refractivity contribution in [3.8, 4) is 11.5 Å². The molecule has 0 amide bonds. The van der Waals surface area contributed by atoms with E-state index in [1.54, 1.807) is 0 Å². The number of thioether (sulfide) groups is 3. The van der Waals surface area contributed by atoms with Crippen LogP contribution in [0.25, 0.3) is 0 Å². The van der Waals surface area contributed by atoms with E-state index in [1.165, 1.54) is 49.4 Å². The van der Waals surface area contributed by atoms with E-state index in [4.69, 9.17) is 0 Å². The summed E-state index contributed by atoms with van der Waals surface area (Å²) in [7, 11) is -1.15. The summed E-state index contributed by atoms with van der Waals surface area (Å²) < 4.78 is 0.502. The van der Waals surface area contributed by atoms with E-state index in [0.29, 0.717) is 8.83 Å². The number of fused-ring (bicyclic) bond motifs is 3. The van der Waals surface area contributed by atoms with Gasteiger partial charge in [-0.3, -0.25) is 0 Å². The second kappa shape index (κ2) is 7.60. The molecule has 3 heterocycles. The van der Waals surface area contributed by atoms with E-state index in [2.05, 4.69) is 73.3 Å². The van der Waals surface area contributed by atoms with Crippen molar-refractivity contribution >= 4 is 43.4 Å². The minimum atomic E-state index is -1.15. The van der Waals surface area contributed by atoms with Gasteiger partial charge in [-0.1, -0.05) is 33.0 Å². The van der Waals surface area contributed by atoms with Crippen LogP contribution in [0.1, 0.15) is 45.4 Å². The van der Waals surface area contributed by atoms with Crippen LogP contribution in [0, 0.1) is 16.9 Å². The van der Waals surface area contributed by atoms with Gasteiger partial charge in [0, 0.05) is 23.7 Å². The van der Waals surface area contributed by atoms with Gasteiger partial charge in [0.1, 0.15) is 11.5 Å². The molecule has 0 radical (unpaired) electrons. The molecular formula is C17H30S3Si. The minimum Gasteiger partial charge on any atom is -0.133 e. The molecule has 120 valence electrons. The van der Waals surface area contributed by atoms with Crippen molar-refractivity contribution in [2.24, 2.45) is 5.41 Å². The average molecular weight is 359 g/mol. The normalized spacial score (nSPS) is 31.8. The first-order valence-electron chi connectivity index (χ1n) is 8.31. The van der Waals surface area contributed by atoms with Crippen molar-refractivity contribution in [2.75, 3.05) is 17.3 Å². The first-order chi connectivity index (χ1) is 9.89. The van der Waals surface area contributed by atoms with Crippen molar-refractivity contribution < 1.29 is 0 Å². The van der Waals surface area contributed by atoms with Crippen LogP contribution in [0.15, 0.2) is 0 Å². The minimum absolute atomic E-state index is 0.502. The fourth-order valence-corrected chi connectivity index (χ4v) is 9.48. The molecule has 3 fully saturated rings. The van der Waals surface area contributed by atoms with Crippen LogP contribution in [0.2, 0.25) is 19.6 Å². The van der Waals surface area contributed by atoms with Gasteiger partial charge in [-0.15, -0.1) is 46.7 Å². The molecule has 4 heteroatoms. The van der Waals surface area contributed by atoms with Gasteiger partial charge in [0.2, 0.25) is 0 Å². The van der Waals surface area contributed by atoms with Gasteiger partial charge in [-0.2, -0.15) is 0 Å². The predicted octanol–water partition coefficient (Wildman–Crippen LogP) is 6.09. The summed E-state index contributed by atoms with van der Waals surface area (Å²) in [5, 5.41) is 0. The summed E-state index contributed by atoms with van der Waals surface area (Å²) in [4.78, 5) is 0. The van der Waals surface area contributed by atoms with E-state index in [-0.39, 0.29) is 0 Å². The Morgan fingerprint density at radius 1 is 0.952 bits per heavy atom. The predicted molar refractivity (Wildman–Crippen MR) is 107 cm³/mol. The third-order valence-electron chi connectivity index (χ3n) is 4.07. The molecule has 0 unspecified atom stereocenters. The summed E-state index contributed by atoms with van der Waals surface area (Å²) in [6.45, 7) is 9.33. The van der Waals surface area contributed by atoms with Crippen LogP contribution in [0.4, 0.5) is 0 Å². The van der Waals surface area contributed by atoms with Crippen LogP contribution in [-0.4, -0.2) is 28.7 Å². The van der Waals surface area contributed by atoms with Gasteiger partial charge in [-0.25, -0.2) is 0 Å². The lowest BCUT2D eigenvalue weighted by Crippen LogP contribution is -2.44. The molecule has 3 aliphatic heterocycles. The van der Waals surface area contributed by atoms with Gasteiger partial charge < -0.3 is 0 Å². The summed E-state index contributed by atoms with van der Waals surface area (Å²) in [6, 6.07) is 0. The van der Waals surface area contributed by atoms with Crippen molar-refractivity contribution in [3.05, 3.63) is 0 Å². The molecule has 0 spiro atoms. The summed E-state index contributed by atoms with van der Waals surface area (Å²) in [5.41, 5.74) is 4.15. The van der Waals surface area contributed by atoms with Crippen molar-refractivity contribution in [3.63, 3.8) is 0 Å². The fourth-order valence-electron chi connectivity index (χ4n) is 2.89. The summed E-state index contributed by atoms with van der Waals surface area (Å²) in [6.07, 6.45) is 7.92. The van der Waals surface area contributed by atoms with Crippen LogP contribution in [0.5, 0.6) is 0 Å². The smallest absolute Gasteiger partial charge is 0.129 e. The Morgan fingerprint density at radius 2 is 1.57 bits per heavy atom. The molecule has 0 aromatic carbocycles. The first-order valence-corrected chi connectivity index (χ1v) is 14.8. The first kappa shape index (κ1) is 18.2. The lowest BCUT2D eigenvalue weighted by atomic mass is 9.90. The maximum absolute atomic E-state index is 3.48. The molecule has 0 aromatic rings. The average Bonchev–Trinajstić information content (AvgIpc) is 2.44. The van der Waals surface area contributed by atoms with Gasteiger partial charge in [0.15, 0.2) is 0 Å². The van der Waals surface area contributed by atoms with Crippen molar-refractivity contribution in [1.82, 2.24) is 0 Å². The third kappa shape index (κ3) is 5.44. The highest BCUT2D eigenvalue weighted by Gasteiger charge is 2.49. The Balaban J connectivity index is 1.69. The molecule has 0 atom stereocenters. The Morgan fingerprint density at radius 3 is 2.10 bits per heavy atom. The van der Waals surface area contributed by atoms with Crippen molar-refractivity contribution in [2.45, 2.75) is 68.5 Å². The topological polar surface area (TPSA) is 0 Å². The van der Waals surface area contributed by atoms with Crippen LogP contribution < -0.4 is 0 Å². The molecule has 2 bridgehead atoms. The van der Waals surface area contributed by atoms with Gasteiger partial charge >= 0.3 is 0 Å². The van der Waals surface area contributed by atoms with E-state index < -0.39 is 8.07 Å². The standard InChI is InChI=1S/C17H30S3Si/c1-5-10-16-13-18-17(19-14-16,20-15-16)11-8-6-7-9-12-21(2,3)4/h5-8,10-11,13-15H2,1-4H3. The molecular weight excluding hydrogens is 328 g/mol.